The molecule has 0 radical (unpaired) electrons. The average Bonchev–Trinajstić information content (AvgIpc) is 2.76. The van der Waals surface area contributed by atoms with Crippen LogP contribution in [0, 0.1) is 19.8 Å². The van der Waals surface area contributed by atoms with Gasteiger partial charge in [-0.25, -0.2) is 0 Å². The Morgan fingerprint density at radius 2 is 2.24 bits per heavy atom. The number of allylic oxidation sites excluding steroid dienone is 1. The van der Waals surface area contributed by atoms with E-state index in [0.29, 0.717) is 25.7 Å². The summed E-state index contributed by atoms with van der Waals surface area (Å²) in [6.07, 6.45) is 5.58. The lowest BCUT2D eigenvalue weighted by Gasteiger charge is -2.22. The van der Waals surface area contributed by atoms with E-state index in [1.165, 1.54) is 0 Å². The molecule has 6 heteroatoms. The van der Waals surface area contributed by atoms with Gasteiger partial charge in [-0.2, -0.15) is 0 Å². The predicted molar refractivity (Wildman–Crippen MR) is 75.7 cm³/mol. The summed E-state index contributed by atoms with van der Waals surface area (Å²) in [4.78, 5) is 22.9. The molecule has 1 aliphatic carbocycles. The van der Waals surface area contributed by atoms with Gasteiger partial charge in [0.05, 0.1) is 11.6 Å². The maximum atomic E-state index is 12.0. The van der Waals surface area contributed by atoms with Crippen LogP contribution in [0.1, 0.15) is 36.3 Å². The number of carboxylic acids is 1. The average molecular weight is 292 g/mol. The molecule has 0 unspecified atom stereocenters. The third-order valence-electron chi connectivity index (χ3n) is 3.81. The molecular formula is C15H20N2O4. The summed E-state index contributed by atoms with van der Waals surface area (Å²) in [7, 11) is 0. The Hall–Kier alpha value is -2.11. The second-order valence-electron chi connectivity index (χ2n) is 5.41. The molecule has 0 fully saturated rings. The molecule has 2 rings (SSSR count). The van der Waals surface area contributed by atoms with Crippen LogP contribution in [0.5, 0.6) is 0 Å². The van der Waals surface area contributed by atoms with Crippen molar-refractivity contribution in [3.8, 4) is 0 Å². The largest absolute Gasteiger partial charge is 0.481 e. The van der Waals surface area contributed by atoms with Crippen LogP contribution in [0.4, 0.5) is 0 Å². The Labute approximate surface area is 123 Å². The molecule has 0 spiro atoms. The van der Waals surface area contributed by atoms with Crippen molar-refractivity contribution >= 4 is 11.9 Å². The van der Waals surface area contributed by atoms with Gasteiger partial charge >= 0.3 is 5.97 Å². The summed E-state index contributed by atoms with van der Waals surface area (Å²) in [6.45, 7) is 3.68. The number of carbonyl (C=O) groups is 2. The minimum atomic E-state index is -0.811. The minimum Gasteiger partial charge on any atom is -0.481 e. The quantitative estimate of drug-likeness (QED) is 0.807. The van der Waals surface area contributed by atoms with Crippen molar-refractivity contribution < 1.29 is 19.2 Å². The van der Waals surface area contributed by atoms with Crippen LogP contribution in [0.2, 0.25) is 0 Å². The van der Waals surface area contributed by atoms with Gasteiger partial charge in [0.25, 0.3) is 0 Å². The van der Waals surface area contributed by atoms with E-state index >= 15 is 0 Å². The number of carboxylic acid groups (broad SMARTS) is 1. The van der Waals surface area contributed by atoms with Crippen molar-refractivity contribution in [2.75, 3.05) is 0 Å². The van der Waals surface area contributed by atoms with E-state index in [0.717, 1.165) is 17.0 Å². The molecule has 0 saturated heterocycles. The molecule has 0 saturated carbocycles. The summed E-state index contributed by atoms with van der Waals surface area (Å²) in [5.41, 5.74) is 1.77. The number of hydrogen-bond donors (Lipinski definition) is 2. The highest BCUT2D eigenvalue weighted by molar-refractivity contribution is 5.77. The number of aliphatic carboxylic acids is 1. The van der Waals surface area contributed by atoms with Crippen LogP contribution in [0.25, 0.3) is 0 Å². The Morgan fingerprint density at radius 1 is 1.48 bits per heavy atom. The first-order valence-corrected chi connectivity index (χ1v) is 7.08. The highest BCUT2D eigenvalue weighted by atomic mass is 16.5. The van der Waals surface area contributed by atoms with Crippen LogP contribution >= 0.6 is 0 Å². The summed E-state index contributed by atoms with van der Waals surface area (Å²) in [5, 5.41) is 15.7. The Bertz CT molecular complexity index is 543. The molecule has 6 nitrogen and oxygen atoms in total. The van der Waals surface area contributed by atoms with Crippen molar-refractivity contribution in [3.05, 3.63) is 29.2 Å². The van der Waals surface area contributed by atoms with Crippen molar-refractivity contribution in [1.82, 2.24) is 10.5 Å². The van der Waals surface area contributed by atoms with Gasteiger partial charge in [0.15, 0.2) is 0 Å². The molecule has 1 aliphatic rings. The van der Waals surface area contributed by atoms with Gasteiger partial charge in [-0.15, -0.1) is 0 Å². The molecule has 0 bridgehead atoms. The standard InChI is InChI=1S/C15H20N2O4/c1-9-13(10(2)21-17-9)6-7-14(18)16-12-5-3-4-11(8-12)15(19)20/h3,5,11-12H,4,6-8H2,1-2H3,(H,16,18)(H,19,20)/t11-,12-/m0/s1. The highest BCUT2D eigenvalue weighted by Gasteiger charge is 2.24. The smallest absolute Gasteiger partial charge is 0.306 e. The second kappa shape index (κ2) is 6.56. The number of amides is 1. The van der Waals surface area contributed by atoms with Crippen molar-refractivity contribution in [1.29, 1.82) is 0 Å². The summed E-state index contributed by atoms with van der Waals surface area (Å²) < 4.78 is 5.06. The maximum absolute atomic E-state index is 12.0. The Balaban J connectivity index is 1.84. The number of rotatable bonds is 5. The first-order chi connectivity index (χ1) is 9.97. The zero-order chi connectivity index (χ0) is 15.4. The van der Waals surface area contributed by atoms with E-state index in [1.54, 1.807) is 0 Å². The summed E-state index contributed by atoms with van der Waals surface area (Å²) >= 11 is 0. The number of aromatic nitrogens is 1. The van der Waals surface area contributed by atoms with Crippen LogP contribution < -0.4 is 5.32 Å². The third-order valence-corrected chi connectivity index (χ3v) is 3.81. The minimum absolute atomic E-state index is 0.0873. The lowest BCUT2D eigenvalue weighted by Crippen LogP contribution is -2.37. The summed E-state index contributed by atoms with van der Waals surface area (Å²) in [5.74, 6) is -0.573. The number of hydrogen-bond acceptors (Lipinski definition) is 4. The molecule has 1 heterocycles. The third kappa shape index (κ3) is 3.93. The molecule has 1 aromatic rings. The molecule has 114 valence electrons. The van der Waals surface area contributed by atoms with Crippen LogP contribution in [-0.4, -0.2) is 28.2 Å². The van der Waals surface area contributed by atoms with Gasteiger partial charge in [0.1, 0.15) is 5.76 Å². The predicted octanol–water partition coefficient (Wildman–Crippen LogP) is 1.76. The topological polar surface area (TPSA) is 92.4 Å². The first-order valence-electron chi connectivity index (χ1n) is 7.08. The van der Waals surface area contributed by atoms with Crippen LogP contribution in [-0.2, 0) is 16.0 Å². The van der Waals surface area contributed by atoms with Gasteiger partial charge in [0, 0.05) is 18.0 Å². The Kier molecular flexibility index (Phi) is 4.77. The molecule has 2 N–H and O–H groups in total. The van der Waals surface area contributed by atoms with E-state index in [9.17, 15) is 9.59 Å². The van der Waals surface area contributed by atoms with Crippen molar-refractivity contribution in [2.24, 2.45) is 5.92 Å². The zero-order valence-electron chi connectivity index (χ0n) is 12.3. The lowest BCUT2D eigenvalue weighted by molar-refractivity contribution is -0.142. The fourth-order valence-electron chi connectivity index (χ4n) is 2.57. The maximum Gasteiger partial charge on any atom is 0.306 e. The Morgan fingerprint density at radius 3 is 2.86 bits per heavy atom. The zero-order valence-corrected chi connectivity index (χ0v) is 12.3. The van der Waals surface area contributed by atoms with Gasteiger partial charge < -0.3 is 14.9 Å². The van der Waals surface area contributed by atoms with E-state index in [4.69, 9.17) is 9.63 Å². The van der Waals surface area contributed by atoms with Crippen molar-refractivity contribution in [3.63, 3.8) is 0 Å². The van der Waals surface area contributed by atoms with E-state index < -0.39 is 11.9 Å². The van der Waals surface area contributed by atoms with Gasteiger partial charge in [-0.3, -0.25) is 9.59 Å². The highest BCUT2D eigenvalue weighted by Crippen LogP contribution is 2.19. The number of aryl methyl sites for hydroxylation is 2. The molecule has 0 aromatic carbocycles. The summed E-state index contributed by atoms with van der Waals surface area (Å²) in [6, 6.07) is -0.197. The normalized spacial score (nSPS) is 21.2. The van der Waals surface area contributed by atoms with Gasteiger partial charge in [0.2, 0.25) is 5.91 Å². The molecule has 21 heavy (non-hydrogen) atoms. The lowest BCUT2D eigenvalue weighted by atomic mass is 9.91. The van der Waals surface area contributed by atoms with Gasteiger partial charge in [-0.05, 0) is 33.1 Å². The van der Waals surface area contributed by atoms with E-state index in [2.05, 4.69) is 10.5 Å². The molecule has 1 aromatic heterocycles. The molecule has 2 atom stereocenters. The molecular weight excluding hydrogens is 272 g/mol. The first kappa shape index (κ1) is 15.3. The SMILES string of the molecule is Cc1noc(C)c1CCC(=O)N[C@H]1C=CC[C@H](C(=O)O)C1. The fraction of sp³-hybridized carbons (Fsp3) is 0.533. The molecule has 0 aliphatic heterocycles. The second-order valence-corrected chi connectivity index (χ2v) is 5.41. The van der Waals surface area contributed by atoms with Crippen molar-refractivity contribution in [2.45, 2.75) is 45.6 Å². The number of nitrogens with zero attached hydrogens (tertiary/aromatic N) is 1. The number of carbonyl (C=O) groups excluding carboxylic acids is 1. The number of nitrogens with one attached hydrogen (secondary N) is 1. The fourth-order valence-corrected chi connectivity index (χ4v) is 2.57. The van der Waals surface area contributed by atoms with Crippen LogP contribution in [0.3, 0.4) is 0 Å². The monoisotopic (exact) mass is 292 g/mol. The van der Waals surface area contributed by atoms with Gasteiger partial charge in [-0.1, -0.05) is 17.3 Å². The van der Waals surface area contributed by atoms with Crippen LogP contribution in [0.15, 0.2) is 16.7 Å². The molecule has 1 amide bonds. The van der Waals surface area contributed by atoms with E-state index in [1.807, 2.05) is 26.0 Å². The van der Waals surface area contributed by atoms with E-state index in [-0.39, 0.29) is 11.9 Å².